The number of nitrogens with zero attached hydrogens (tertiary/aromatic N) is 2. The Kier molecular flexibility index (Phi) is 22.9. The number of aryl methyl sites for hydroxylation is 2. The Morgan fingerprint density at radius 2 is 1.04 bits per heavy atom. The fourth-order valence-corrected chi connectivity index (χ4v) is 5.54. The van der Waals surface area contributed by atoms with Crippen molar-refractivity contribution in [3.63, 3.8) is 0 Å². The summed E-state index contributed by atoms with van der Waals surface area (Å²) in [4.78, 5) is 53.4. The number of ether oxygens (including phenoxy) is 6. The monoisotopic (exact) mass is 741 g/mol. The molecule has 294 valence electrons. The Labute approximate surface area is 314 Å². The minimum absolute atomic E-state index is 0.0541. The van der Waals surface area contributed by atoms with Crippen molar-refractivity contribution >= 4 is 23.5 Å². The molecule has 3 amide bonds. The van der Waals surface area contributed by atoms with E-state index in [0.717, 1.165) is 31.2 Å². The molecule has 0 bridgehead atoms. The summed E-state index contributed by atoms with van der Waals surface area (Å²) in [5, 5.41) is 2.68. The van der Waals surface area contributed by atoms with E-state index in [1.165, 1.54) is 11.1 Å². The van der Waals surface area contributed by atoms with Gasteiger partial charge in [-0.3, -0.25) is 19.2 Å². The summed E-state index contributed by atoms with van der Waals surface area (Å²) in [5.74, 6) is -0.691. The maximum Gasteiger partial charge on any atom is 0.248 e. The van der Waals surface area contributed by atoms with Gasteiger partial charge in [-0.2, -0.15) is 0 Å². The minimum atomic E-state index is -0.225. The quantitative estimate of drug-likeness (QED) is 0.124. The number of carbonyl (C=O) groups is 4. The van der Waals surface area contributed by atoms with Crippen LogP contribution >= 0.6 is 0 Å². The molecular formula is C40H59N3O10. The zero-order valence-electron chi connectivity index (χ0n) is 31.4. The number of hydrogen-bond donors (Lipinski definition) is 1. The van der Waals surface area contributed by atoms with Gasteiger partial charge in [0.1, 0.15) is 6.61 Å². The number of piperazine rings is 1. The van der Waals surface area contributed by atoms with E-state index < -0.39 is 0 Å². The molecule has 0 unspecified atom stereocenters. The predicted molar refractivity (Wildman–Crippen MR) is 200 cm³/mol. The fourth-order valence-electron chi connectivity index (χ4n) is 5.54. The van der Waals surface area contributed by atoms with E-state index in [4.69, 9.17) is 28.4 Å². The molecule has 2 aromatic rings. The zero-order chi connectivity index (χ0) is 37.8. The van der Waals surface area contributed by atoms with Gasteiger partial charge in [0.25, 0.3) is 0 Å². The lowest BCUT2D eigenvalue weighted by Gasteiger charge is -2.34. The molecule has 0 aliphatic carbocycles. The molecule has 0 atom stereocenters. The van der Waals surface area contributed by atoms with Crippen molar-refractivity contribution in [2.45, 2.75) is 44.9 Å². The molecule has 1 saturated heterocycles. The number of Topliss-reactive ketones (excluding diaryl/α,β-unsaturated/α-hetero) is 1. The van der Waals surface area contributed by atoms with Crippen molar-refractivity contribution in [3.8, 4) is 0 Å². The molecule has 53 heavy (non-hydrogen) atoms. The van der Waals surface area contributed by atoms with E-state index in [9.17, 15) is 19.2 Å². The van der Waals surface area contributed by atoms with Crippen LogP contribution in [0.5, 0.6) is 0 Å². The van der Waals surface area contributed by atoms with Crippen molar-refractivity contribution in [1.82, 2.24) is 15.1 Å². The summed E-state index contributed by atoms with van der Waals surface area (Å²) < 4.78 is 32.0. The highest BCUT2D eigenvalue weighted by molar-refractivity contribution is 5.89. The fraction of sp³-hybridized carbons (Fsp3) is 0.600. The third-order valence-corrected chi connectivity index (χ3v) is 8.64. The van der Waals surface area contributed by atoms with Crippen LogP contribution < -0.4 is 5.32 Å². The molecule has 13 heteroatoms. The number of hydrogen-bond acceptors (Lipinski definition) is 10. The van der Waals surface area contributed by atoms with Crippen LogP contribution in [-0.2, 0) is 66.9 Å². The van der Waals surface area contributed by atoms with Crippen LogP contribution in [0, 0.1) is 0 Å². The Balaban J connectivity index is 1.13. The van der Waals surface area contributed by atoms with Gasteiger partial charge in [-0.25, -0.2) is 0 Å². The van der Waals surface area contributed by atoms with Crippen LogP contribution in [-0.4, -0.2) is 146 Å². The predicted octanol–water partition coefficient (Wildman–Crippen LogP) is 2.66. The second-order valence-corrected chi connectivity index (χ2v) is 12.8. The van der Waals surface area contributed by atoms with Gasteiger partial charge in [0.2, 0.25) is 17.7 Å². The van der Waals surface area contributed by atoms with Gasteiger partial charge in [-0.1, -0.05) is 54.6 Å². The van der Waals surface area contributed by atoms with Crippen molar-refractivity contribution in [2.24, 2.45) is 0 Å². The second-order valence-electron chi connectivity index (χ2n) is 12.8. The smallest absolute Gasteiger partial charge is 0.248 e. The largest absolute Gasteiger partial charge is 0.382 e. The van der Waals surface area contributed by atoms with Gasteiger partial charge in [0.15, 0.2) is 5.78 Å². The summed E-state index contributed by atoms with van der Waals surface area (Å²) >= 11 is 0. The molecule has 3 rings (SSSR count). The van der Waals surface area contributed by atoms with Crippen molar-refractivity contribution in [1.29, 1.82) is 0 Å². The standard InChI is InChI=1S/C40H59N3O10/c1-48-21-22-49-23-24-50-25-26-51-27-28-52-29-30-53-33-40(47)43-19-17-42(18-20-43)39(46)16-15-37(44)32-41-38(45)31-36-13-11-35(12-14-36)10-6-5-9-34-7-3-2-4-8-34/h2-4,7-8,11-14H,5-6,9-10,15-33H2,1H3,(H,41,45). The van der Waals surface area contributed by atoms with Crippen LogP contribution in [0.15, 0.2) is 54.6 Å². The number of rotatable bonds is 29. The van der Waals surface area contributed by atoms with Crippen molar-refractivity contribution in [3.05, 3.63) is 71.3 Å². The molecule has 0 spiro atoms. The normalized spacial score (nSPS) is 12.9. The summed E-state index contributed by atoms with van der Waals surface area (Å²) in [6, 6.07) is 18.5. The molecule has 1 aliphatic rings. The van der Waals surface area contributed by atoms with Crippen molar-refractivity contribution in [2.75, 3.05) is 113 Å². The third kappa shape index (κ3) is 20.4. The molecule has 13 nitrogen and oxygen atoms in total. The Morgan fingerprint density at radius 1 is 0.566 bits per heavy atom. The Bertz CT molecular complexity index is 1300. The van der Waals surface area contributed by atoms with Gasteiger partial charge in [-0.15, -0.1) is 0 Å². The lowest BCUT2D eigenvalue weighted by atomic mass is 10.0. The third-order valence-electron chi connectivity index (χ3n) is 8.64. The van der Waals surface area contributed by atoms with Crippen LogP contribution in [0.25, 0.3) is 0 Å². The first-order chi connectivity index (χ1) is 25.9. The van der Waals surface area contributed by atoms with Gasteiger partial charge in [0.05, 0.1) is 79.0 Å². The minimum Gasteiger partial charge on any atom is -0.382 e. The highest BCUT2D eigenvalue weighted by atomic mass is 16.6. The van der Waals surface area contributed by atoms with E-state index in [0.29, 0.717) is 85.6 Å². The highest BCUT2D eigenvalue weighted by Gasteiger charge is 2.24. The zero-order valence-corrected chi connectivity index (χ0v) is 31.4. The van der Waals surface area contributed by atoms with Gasteiger partial charge in [0, 0.05) is 46.1 Å². The van der Waals surface area contributed by atoms with Crippen LogP contribution in [0.1, 0.15) is 42.4 Å². The van der Waals surface area contributed by atoms with E-state index in [-0.39, 0.29) is 62.5 Å². The second kappa shape index (κ2) is 27.8. The molecule has 0 radical (unpaired) electrons. The van der Waals surface area contributed by atoms with E-state index in [1.54, 1.807) is 16.9 Å². The van der Waals surface area contributed by atoms with Gasteiger partial charge < -0.3 is 43.5 Å². The SMILES string of the molecule is COCCOCCOCCOCCOCCOCC(=O)N1CCN(C(=O)CCC(=O)CNC(=O)Cc2ccc(CCCCc3ccccc3)cc2)CC1. The molecule has 1 heterocycles. The average Bonchev–Trinajstić information content (AvgIpc) is 3.18. The van der Waals surface area contributed by atoms with E-state index >= 15 is 0 Å². The summed E-state index contributed by atoms with van der Waals surface area (Å²) in [5.41, 5.74) is 3.50. The summed E-state index contributed by atoms with van der Waals surface area (Å²) in [6.45, 7) is 6.05. The molecule has 1 fully saturated rings. The first-order valence-corrected chi connectivity index (χ1v) is 18.8. The maximum absolute atomic E-state index is 12.7. The Morgan fingerprint density at radius 3 is 1.58 bits per heavy atom. The first kappa shape index (κ1) is 43.7. The number of carbonyl (C=O) groups excluding carboxylic acids is 4. The molecule has 1 N–H and O–H groups in total. The molecule has 0 saturated carbocycles. The van der Waals surface area contributed by atoms with Crippen molar-refractivity contribution < 1.29 is 47.6 Å². The average molecular weight is 742 g/mol. The number of methoxy groups -OCH3 is 1. The van der Waals surface area contributed by atoms with Crippen LogP contribution in [0.4, 0.5) is 0 Å². The summed E-state index contributed by atoms with van der Waals surface area (Å²) in [7, 11) is 1.63. The number of benzene rings is 2. The number of nitrogens with one attached hydrogen (secondary N) is 1. The lowest BCUT2D eigenvalue weighted by molar-refractivity contribution is -0.143. The summed E-state index contributed by atoms with van der Waals surface area (Å²) in [6.07, 6.45) is 4.63. The Hall–Kier alpha value is -3.72. The number of ketones is 1. The van der Waals surface area contributed by atoms with Crippen LogP contribution in [0.3, 0.4) is 0 Å². The van der Waals surface area contributed by atoms with E-state index in [1.807, 2.05) is 18.2 Å². The molecule has 2 aromatic carbocycles. The number of unbranched alkanes of at least 4 members (excludes halogenated alkanes) is 1. The highest BCUT2D eigenvalue weighted by Crippen LogP contribution is 2.11. The topological polar surface area (TPSA) is 142 Å². The maximum atomic E-state index is 12.7. The molecular weight excluding hydrogens is 682 g/mol. The van der Waals surface area contributed by atoms with Gasteiger partial charge in [-0.05, 0) is 42.4 Å². The molecule has 0 aromatic heterocycles. The van der Waals surface area contributed by atoms with Crippen LogP contribution in [0.2, 0.25) is 0 Å². The van der Waals surface area contributed by atoms with Gasteiger partial charge >= 0.3 is 0 Å². The number of amides is 3. The van der Waals surface area contributed by atoms with E-state index in [2.05, 4.69) is 41.7 Å². The first-order valence-electron chi connectivity index (χ1n) is 18.8. The lowest BCUT2D eigenvalue weighted by Crippen LogP contribution is -2.51. The molecule has 1 aliphatic heterocycles.